The van der Waals surface area contributed by atoms with Crippen molar-refractivity contribution in [3.63, 3.8) is 0 Å². The van der Waals surface area contributed by atoms with Gasteiger partial charge in [-0.05, 0) is 31.9 Å². The van der Waals surface area contributed by atoms with E-state index in [9.17, 15) is 0 Å². The quantitative estimate of drug-likeness (QED) is 0.869. The lowest BCUT2D eigenvalue weighted by Gasteiger charge is -2.37. The fourth-order valence-electron chi connectivity index (χ4n) is 2.68. The van der Waals surface area contributed by atoms with Crippen LogP contribution >= 0.6 is 11.3 Å². The van der Waals surface area contributed by atoms with Crippen LogP contribution in [0.15, 0.2) is 30.6 Å². The van der Waals surface area contributed by atoms with Gasteiger partial charge in [0.1, 0.15) is 5.82 Å². The third-order valence-corrected chi connectivity index (χ3v) is 4.88. The summed E-state index contributed by atoms with van der Waals surface area (Å²) in [5.41, 5.74) is 0. The topological polar surface area (TPSA) is 32.3 Å². The van der Waals surface area contributed by atoms with Gasteiger partial charge in [-0.2, -0.15) is 0 Å². The van der Waals surface area contributed by atoms with Crippen molar-refractivity contribution in [3.05, 3.63) is 35.5 Å². The van der Waals surface area contributed by atoms with Crippen LogP contribution in [-0.4, -0.2) is 36.1 Å². The van der Waals surface area contributed by atoms with Gasteiger partial charge in [-0.15, -0.1) is 11.3 Å². The molecular weight excluding hydrogens is 268 g/mol. The Balaban J connectivity index is 1.61. The number of pyridine rings is 1. The highest BCUT2D eigenvalue weighted by molar-refractivity contribution is 7.15. The number of rotatable bonds is 3. The standard InChI is InChI=1S/C15H20N4S/c1-12-11-17-15(20-12)19-9-6-13(7-10-19)18(2)14-5-3-4-8-16-14/h3-5,8,11,13H,6-7,9-10H2,1-2H3. The average Bonchev–Trinajstić information content (AvgIpc) is 2.94. The summed E-state index contributed by atoms with van der Waals surface area (Å²) in [4.78, 5) is 14.9. The first kappa shape index (κ1) is 13.4. The molecule has 20 heavy (non-hydrogen) atoms. The van der Waals surface area contributed by atoms with Crippen LogP contribution in [0, 0.1) is 6.92 Å². The summed E-state index contributed by atoms with van der Waals surface area (Å²) < 4.78 is 0. The summed E-state index contributed by atoms with van der Waals surface area (Å²) in [6.07, 6.45) is 6.14. The summed E-state index contributed by atoms with van der Waals surface area (Å²) >= 11 is 1.79. The second kappa shape index (κ2) is 5.79. The van der Waals surface area contributed by atoms with Crippen LogP contribution in [0.4, 0.5) is 10.9 Å². The van der Waals surface area contributed by atoms with Crippen molar-refractivity contribution in [3.8, 4) is 0 Å². The number of hydrogen-bond acceptors (Lipinski definition) is 5. The van der Waals surface area contributed by atoms with Crippen molar-refractivity contribution in [2.75, 3.05) is 29.9 Å². The number of thiazole rings is 1. The molecule has 1 saturated heterocycles. The van der Waals surface area contributed by atoms with E-state index in [1.807, 2.05) is 24.5 Å². The Kier molecular flexibility index (Phi) is 3.87. The van der Waals surface area contributed by atoms with Crippen molar-refractivity contribution < 1.29 is 0 Å². The predicted molar refractivity (Wildman–Crippen MR) is 84.7 cm³/mol. The van der Waals surface area contributed by atoms with E-state index < -0.39 is 0 Å². The largest absolute Gasteiger partial charge is 0.357 e. The molecule has 0 spiro atoms. The van der Waals surface area contributed by atoms with Gasteiger partial charge in [0.25, 0.3) is 0 Å². The number of anilines is 2. The maximum atomic E-state index is 4.49. The summed E-state index contributed by atoms with van der Waals surface area (Å²) in [5, 5.41) is 1.17. The minimum Gasteiger partial charge on any atom is -0.357 e. The molecule has 3 rings (SSSR count). The summed E-state index contributed by atoms with van der Waals surface area (Å²) in [6.45, 7) is 4.27. The lowest BCUT2D eigenvalue weighted by molar-refractivity contribution is 0.480. The molecule has 0 N–H and O–H groups in total. The Morgan fingerprint density at radius 1 is 1.25 bits per heavy atom. The summed E-state index contributed by atoms with van der Waals surface area (Å²) in [6, 6.07) is 6.66. The van der Waals surface area contributed by atoms with E-state index >= 15 is 0 Å². The van der Waals surface area contributed by atoms with Crippen LogP contribution < -0.4 is 9.80 Å². The van der Waals surface area contributed by atoms with Crippen LogP contribution in [-0.2, 0) is 0 Å². The molecule has 2 aromatic heterocycles. The first-order chi connectivity index (χ1) is 9.74. The van der Waals surface area contributed by atoms with E-state index in [0.717, 1.165) is 31.7 Å². The minimum atomic E-state index is 0.571. The van der Waals surface area contributed by atoms with Gasteiger partial charge in [-0.25, -0.2) is 9.97 Å². The second-order valence-corrected chi connectivity index (χ2v) is 6.48. The molecule has 0 atom stereocenters. The number of aromatic nitrogens is 2. The monoisotopic (exact) mass is 288 g/mol. The predicted octanol–water partition coefficient (Wildman–Crippen LogP) is 2.95. The van der Waals surface area contributed by atoms with Crippen LogP contribution in [0.3, 0.4) is 0 Å². The molecule has 0 unspecified atom stereocenters. The molecule has 1 fully saturated rings. The molecule has 4 nitrogen and oxygen atoms in total. The number of piperidine rings is 1. The van der Waals surface area contributed by atoms with Gasteiger partial charge in [0, 0.05) is 43.4 Å². The van der Waals surface area contributed by atoms with Crippen LogP contribution in [0.5, 0.6) is 0 Å². The Hall–Kier alpha value is -1.62. The number of hydrogen-bond donors (Lipinski definition) is 0. The van der Waals surface area contributed by atoms with Crippen molar-refractivity contribution >= 4 is 22.3 Å². The molecule has 1 aliphatic rings. The Morgan fingerprint density at radius 3 is 2.65 bits per heavy atom. The van der Waals surface area contributed by atoms with Crippen molar-refractivity contribution in [1.82, 2.24) is 9.97 Å². The average molecular weight is 288 g/mol. The van der Waals surface area contributed by atoms with Crippen molar-refractivity contribution in [2.24, 2.45) is 0 Å². The Labute approximate surface area is 124 Å². The van der Waals surface area contributed by atoms with E-state index in [4.69, 9.17) is 0 Å². The molecule has 1 aliphatic heterocycles. The van der Waals surface area contributed by atoms with E-state index in [0.29, 0.717) is 6.04 Å². The zero-order valence-corrected chi connectivity index (χ0v) is 12.8. The van der Waals surface area contributed by atoms with Gasteiger partial charge < -0.3 is 9.80 Å². The molecule has 0 aliphatic carbocycles. The molecule has 3 heterocycles. The molecule has 106 valence electrons. The fraction of sp³-hybridized carbons (Fsp3) is 0.467. The number of nitrogens with zero attached hydrogens (tertiary/aromatic N) is 4. The molecule has 2 aromatic rings. The van der Waals surface area contributed by atoms with Gasteiger partial charge >= 0.3 is 0 Å². The first-order valence-corrected chi connectivity index (χ1v) is 7.87. The zero-order chi connectivity index (χ0) is 13.9. The fourth-order valence-corrected chi connectivity index (χ4v) is 3.49. The lowest BCUT2D eigenvalue weighted by atomic mass is 10.0. The molecule has 5 heteroatoms. The second-order valence-electron chi connectivity index (χ2n) is 5.27. The van der Waals surface area contributed by atoms with Crippen molar-refractivity contribution in [2.45, 2.75) is 25.8 Å². The Morgan fingerprint density at radius 2 is 2.05 bits per heavy atom. The van der Waals surface area contributed by atoms with Gasteiger partial charge in [0.05, 0.1) is 0 Å². The first-order valence-electron chi connectivity index (χ1n) is 7.05. The lowest BCUT2D eigenvalue weighted by Crippen LogP contribution is -2.43. The maximum absolute atomic E-state index is 4.49. The van der Waals surface area contributed by atoms with Crippen LogP contribution in [0.1, 0.15) is 17.7 Å². The van der Waals surface area contributed by atoms with Gasteiger partial charge in [0.2, 0.25) is 0 Å². The molecule has 0 saturated carbocycles. The minimum absolute atomic E-state index is 0.571. The third-order valence-electron chi connectivity index (χ3n) is 3.90. The number of aryl methyl sites for hydroxylation is 1. The SMILES string of the molecule is Cc1cnc(N2CCC(N(C)c3ccccn3)CC2)s1. The highest BCUT2D eigenvalue weighted by Crippen LogP contribution is 2.27. The van der Waals surface area contributed by atoms with E-state index in [-0.39, 0.29) is 0 Å². The maximum Gasteiger partial charge on any atom is 0.185 e. The van der Waals surface area contributed by atoms with Crippen LogP contribution in [0.2, 0.25) is 0 Å². The molecule has 0 bridgehead atoms. The van der Waals surface area contributed by atoms with Gasteiger partial charge in [-0.3, -0.25) is 0 Å². The summed E-state index contributed by atoms with van der Waals surface area (Å²) in [5.74, 6) is 1.07. The Bertz CT molecular complexity index is 546. The molecule has 0 amide bonds. The van der Waals surface area contributed by atoms with Gasteiger partial charge in [0.15, 0.2) is 5.13 Å². The highest BCUT2D eigenvalue weighted by Gasteiger charge is 2.24. The smallest absolute Gasteiger partial charge is 0.185 e. The van der Waals surface area contributed by atoms with Crippen LogP contribution in [0.25, 0.3) is 0 Å². The highest BCUT2D eigenvalue weighted by atomic mass is 32.1. The molecule has 0 aromatic carbocycles. The van der Waals surface area contributed by atoms with Crippen molar-refractivity contribution in [1.29, 1.82) is 0 Å². The van der Waals surface area contributed by atoms with E-state index in [1.165, 1.54) is 10.0 Å². The van der Waals surface area contributed by atoms with E-state index in [2.05, 4.69) is 39.8 Å². The van der Waals surface area contributed by atoms with Gasteiger partial charge in [-0.1, -0.05) is 6.07 Å². The normalized spacial score (nSPS) is 16.4. The molecule has 0 radical (unpaired) electrons. The zero-order valence-electron chi connectivity index (χ0n) is 12.0. The summed E-state index contributed by atoms with van der Waals surface area (Å²) in [7, 11) is 2.15. The molecular formula is C15H20N4S. The third kappa shape index (κ3) is 2.77. The van der Waals surface area contributed by atoms with E-state index in [1.54, 1.807) is 11.3 Å².